The second-order valence-corrected chi connectivity index (χ2v) is 3.60. The number of hydrogen-bond acceptors (Lipinski definition) is 5. The van der Waals surface area contributed by atoms with Crippen molar-refractivity contribution in [3.8, 4) is 0 Å². The third-order valence-electron chi connectivity index (χ3n) is 1.67. The minimum Gasteiger partial charge on any atom is -0.396 e. The van der Waals surface area contributed by atoms with Gasteiger partial charge in [0, 0.05) is 6.42 Å². The van der Waals surface area contributed by atoms with E-state index in [9.17, 15) is 0 Å². The van der Waals surface area contributed by atoms with Gasteiger partial charge in [0.25, 0.3) is 0 Å². The topological polar surface area (TPSA) is 71.2 Å². The molecule has 5 nitrogen and oxygen atoms in total. The fourth-order valence-corrected chi connectivity index (χ4v) is 1.03. The summed E-state index contributed by atoms with van der Waals surface area (Å²) in [5.74, 6) is 1.75. The van der Waals surface area contributed by atoms with Gasteiger partial charge in [0.2, 0.25) is 5.89 Å². The molecule has 1 heterocycles. The Labute approximate surface area is 83.5 Å². The zero-order valence-corrected chi connectivity index (χ0v) is 8.66. The van der Waals surface area contributed by atoms with Crippen molar-refractivity contribution in [2.24, 2.45) is 5.92 Å². The summed E-state index contributed by atoms with van der Waals surface area (Å²) in [5, 5.41) is 15.6. The van der Waals surface area contributed by atoms with Crippen LogP contribution in [0.15, 0.2) is 4.52 Å². The van der Waals surface area contributed by atoms with Crippen molar-refractivity contribution < 1.29 is 9.63 Å². The fourth-order valence-electron chi connectivity index (χ4n) is 1.03. The molecule has 1 aromatic rings. The Morgan fingerprint density at radius 3 is 2.93 bits per heavy atom. The lowest BCUT2D eigenvalue weighted by Crippen LogP contribution is -2.19. The van der Waals surface area contributed by atoms with E-state index in [1.54, 1.807) is 0 Å². The Balaban J connectivity index is 2.28. The fraction of sp³-hybridized carbons (Fsp3) is 0.778. The van der Waals surface area contributed by atoms with Crippen LogP contribution in [0.25, 0.3) is 0 Å². The number of rotatable bonds is 6. The van der Waals surface area contributed by atoms with Gasteiger partial charge in [0.15, 0.2) is 5.82 Å². The van der Waals surface area contributed by atoms with Crippen LogP contribution in [0.3, 0.4) is 0 Å². The maximum atomic E-state index is 8.64. The summed E-state index contributed by atoms with van der Waals surface area (Å²) >= 11 is 0. The molecule has 0 saturated heterocycles. The summed E-state index contributed by atoms with van der Waals surface area (Å²) in [4.78, 5) is 4.10. The van der Waals surface area contributed by atoms with Gasteiger partial charge in [0.05, 0.1) is 13.2 Å². The molecule has 0 aliphatic rings. The number of aliphatic hydroxyl groups is 1. The molecule has 1 rings (SSSR count). The van der Waals surface area contributed by atoms with E-state index in [0.717, 1.165) is 6.54 Å². The quantitative estimate of drug-likeness (QED) is 0.691. The minimum atomic E-state index is 0.0540. The van der Waals surface area contributed by atoms with Crippen LogP contribution in [-0.2, 0) is 13.0 Å². The Hall–Kier alpha value is -0.940. The lowest BCUT2D eigenvalue weighted by molar-refractivity contribution is 0.292. The number of hydrogen-bond donors (Lipinski definition) is 2. The number of nitrogens with one attached hydrogen (secondary N) is 1. The smallest absolute Gasteiger partial charge is 0.240 e. The molecule has 5 heteroatoms. The summed E-state index contributed by atoms with van der Waals surface area (Å²) in [6.45, 7) is 5.85. The maximum absolute atomic E-state index is 8.64. The first kappa shape index (κ1) is 11.1. The van der Waals surface area contributed by atoms with Crippen LogP contribution in [0.5, 0.6) is 0 Å². The second-order valence-electron chi connectivity index (χ2n) is 3.60. The van der Waals surface area contributed by atoms with Gasteiger partial charge in [-0.25, -0.2) is 0 Å². The predicted molar refractivity (Wildman–Crippen MR) is 51.6 cm³/mol. The Morgan fingerprint density at radius 2 is 2.29 bits per heavy atom. The molecule has 2 N–H and O–H groups in total. The van der Waals surface area contributed by atoms with E-state index in [-0.39, 0.29) is 6.61 Å². The highest BCUT2D eigenvalue weighted by atomic mass is 16.5. The first-order valence-electron chi connectivity index (χ1n) is 4.85. The minimum absolute atomic E-state index is 0.0540. The van der Waals surface area contributed by atoms with Crippen molar-refractivity contribution >= 4 is 0 Å². The highest BCUT2D eigenvalue weighted by molar-refractivity contribution is 4.85. The van der Waals surface area contributed by atoms with Crippen molar-refractivity contribution in [2.45, 2.75) is 26.8 Å². The Morgan fingerprint density at radius 1 is 1.50 bits per heavy atom. The van der Waals surface area contributed by atoms with Gasteiger partial charge in [-0.3, -0.25) is 0 Å². The first-order chi connectivity index (χ1) is 6.72. The summed E-state index contributed by atoms with van der Waals surface area (Å²) in [7, 11) is 0. The van der Waals surface area contributed by atoms with Crippen LogP contribution in [0.1, 0.15) is 25.6 Å². The van der Waals surface area contributed by atoms with Crippen LogP contribution in [-0.4, -0.2) is 28.4 Å². The Kier molecular flexibility index (Phi) is 4.55. The summed E-state index contributed by atoms with van der Waals surface area (Å²) in [6.07, 6.45) is 0.452. The molecule has 0 unspecified atom stereocenters. The van der Waals surface area contributed by atoms with E-state index in [0.29, 0.717) is 30.6 Å². The molecule has 0 amide bonds. The van der Waals surface area contributed by atoms with Crippen molar-refractivity contribution in [1.82, 2.24) is 15.5 Å². The molecule has 0 saturated carbocycles. The van der Waals surface area contributed by atoms with Gasteiger partial charge in [-0.05, 0) is 12.5 Å². The molecule has 0 spiro atoms. The predicted octanol–water partition coefficient (Wildman–Crippen LogP) is 0.350. The number of nitrogens with zero attached hydrogens (tertiary/aromatic N) is 2. The maximum Gasteiger partial charge on any atom is 0.240 e. The highest BCUT2D eigenvalue weighted by Crippen LogP contribution is 1.98. The SMILES string of the molecule is CC(C)CNCc1nc(CCO)no1. The molecule has 0 radical (unpaired) electrons. The first-order valence-corrected chi connectivity index (χ1v) is 4.85. The number of aliphatic hydroxyl groups excluding tert-OH is 1. The highest BCUT2D eigenvalue weighted by Gasteiger charge is 2.04. The molecule has 80 valence electrons. The normalized spacial score (nSPS) is 11.1. The van der Waals surface area contributed by atoms with Crippen LogP contribution in [0.4, 0.5) is 0 Å². The standard InChI is InChI=1S/C9H17N3O2/c1-7(2)5-10-6-9-11-8(3-4-13)12-14-9/h7,10,13H,3-6H2,1-2H3. The van der Waals surface area contributed by atoms with Crippen molar-refractivity contribution in [3.63, 3.8) is 0 Å². The lowest BCUT2D eigenvalue weighted by atomic mass is 10.2. The van der Waals surface area contributed by atoms with Crippen molar-refractivity contribution in [2.75, 3.05) is 13.2 Å². The third-order valence-corrected chi connectivity index (χ3v) is 1.67. The van der Waals surface area contributed by atoms with Gasteiger partial charge < -0.3 is 14.9 Å². The van der Waals surface area contributed by atoms with Gasteiger partial charge in [-0.1, -0.05) is 19.0 Å². The van der Waals surface area contributed by atoms with E-state index in [1.807, 2.05) is 0 Å². The van der Waals surface area contributed by atoms with E-state index in [1.165, 1.54) is 0 Å². The molecule has 0 aromatic carbocycles. The molecule has 14 heavy (non-hydrogen) atoms. The Bertz CT molecular complexity index is 260. The van der Waals surface area contributed by atoms with Gasteiger partial charge in [-0.15, -0.1) is 0 Å². The van der Waals surface area contributed by atoms with Gasteiger partial charge >= 0.3 is 0 Å². The van der Waals surface area contributed by atoms with E-state index >= 15 is 0 Å². The third kappa shape index (κ3) is 3.85. The summed E-state index contributed by atoms with van der Waals surface area (Å²) < 4.78 is 4.96. The van der Waals surface area contributed by atoms with Crippen LogP contribution in [0.2, 0.25) is 0 Å². The molecular formula is C9H17N3O2. The average molecular weight is 199 g/mol. The van der Waals surface area contributed by atoms with Crippen LogP contribution in [0, 0.1) is 5.92 Å². The van der Waals surface area contributed by atoms with Crippen molar-refractivity contribution in [1.29, 1.82) is 0 Å². The molecule has 1 aromatic heterocycles. The second kappa shape index (κ2) is 5.72. The van der Waals surface area contributed by atoms with E-state index in [4.69, 9.17) is 9.63 Å². The molecule has 0 atom stereocenters. The molecule has 0 fully saturated rings. The molecular weight excluding hydrogens is 182 g/mol. The van der Waals surface area contributed by atoms with E-state index in [2.05, 4.69) is 29.3 Å². The largest absolute Gasteiger partial charge is 0.396 e. The molecule has 0 bridgehead atoms. The zero-order chi connectivity index (χ0) is 10.4. The van der Waals surface area contributed by atoms with Crippen LogP contribution < -0.4 is 5.32 Å². The zero-order valence-electron chi connectivity index (χ0n) is 8.66. The van der Waals surface area contributed by atoms with Gasteiger partial charge in [-0.2, -0.15) is 4.98 Å². The summed E-state index contributed by atoms with van der Waals surface area (Å²) in [6, 6.07) is 0. The molecule has 0 aliphatic heterocycles. The lowest BCUT2D eigenvalue weighted by Gasteiger charge is -2.03. The van der Waals surface area contributed by atoms with Gasteiger partial charge in [0.1, 0.15) is 0 Å². The average Bonchev–Trinajstić information content (AvgIpc) is 2.53. The molecule has 0 aliphatic carbocycles. The summed E-state index contributed by atoms with van der Waals surface area (Å²) in [5.41, 5.74) is 0. The van der Waals surface area contributed by atoms with Crippen LogP contribution >= 0.6 is 0 Å². The monoisotopic (exact) mass is 199 g/mol. The van der Waals surface area contributed by atoms with Crippen molar-refractivity contribution in [3.05, 3.63) is 11.7 Å². The van der Waals surface area contributed by atoms with E-state index < -0.39 is 0 Å². The number of aromatic nitrogens is 2.